The van der Waals surface area contributed by atoms with Gasteiger partial charge in [-0.25, -0.2) is 0 Å². The standard InChI is InChI=1S/C20H19N3O/c1-21-20(24)11-16(14-7-6-13-8-9-22-19(13)10-14)17-12-23-18-5-3-2-4-15(17)18/h2-10,12,16,22-23H,11H2,1H3,(H,21,24). The number of aromatic nitrogens is 2. The molecule has 0 saturated heterocycles. The number of aromatic amines is 2. The number of hydrogen-bond donors (Lipinski definition) is 3. The minimum absolute atomic E-state index is 0.00815. The van der Waals surface area contributed by atoms with Crippen LogP contribution >= 0.6 is 0 Å². The van der Waals surface area contributed by atoms with Crippen molar-refractivity contribution in [1.29, 1.82) is 0 Å². The van der Waals surface area contributed by atoms with Crippen LogP contribution in [0, 0.1) is 0 Å². The van der Waals surface area contributed by atoms with E-state index in [1.807, 2.05) is 24.5 Å². The molecule has 0 fully saturated rings. The van der Waals surface area contributed by atoms with Gasteiger partial charge in [-0.15, -0.1) is 0 Å². The summed E-state index contributed by atoms with van der Waals surface area (Å²) >= 11 is 0. The number of hydrogen-bond acceptors (Lipinski definition) is 1. The summed E-state index contributed by atoms with van der Waals surface area (Å²) in [5.41, 5.74) is 4.48. The van der Waals surface area contributed by atoms with Crippen LogP contribution < -0.4 is 5.32 Å². The summed E-state index contributed by atoms with van der Waals surface area (Å²) < 4.78 is 0. The fourth-order valence-electron chi connectivity index (χ4n) is 3.36. The van der Waals surface area contributed by atoms with Crippen molar-refractivity contribution in [3.8, 4) is 0 Å². The van der Waals surface area contributed by atoms with Crippen molar-refractivity contribution >= 4 is 27.7 Å². The molecular weight excluding hydrogens is 298 g/mol. The molecule has 4 rings (SSSR count). The first-order valence-electron chi connectivity index (χ1n) is 8.10. The third-order valence-corrected chi connectivity index (χ3v) is 4.65. The van der Waals surface area contributed by atoms with Crippen molar-refractivity contribution in [3.63, 3.8) is 0 Å². The molecule has 0 aliphatic carbocycles. The Balaban J connectivity index is 1.85. The van der Waals surface area contributed by atoms with Crippen molar-refractivity contribution in [1.82, 2.24) is 15.3 Å². The zero-order chi connectivity index (χ0) is 16.5. The molecule has 0 radical (unpaired) electrons. The maximum Gasteiger partial charge on any atom is 0.220 e. The van der Waals surface area contributed by atoms with Gasteiger partial charge in [0, 0.05) is 48.2 Å². The highest BCUT2D eigenvalue weighted by Crippen LogP contribution is 2.34. The van der Waals surface area contributed by atoms with Gasteiger partial charge in [-0.2, -0.15) is 0 Å². The largest absolute Gasteiger partial charge is 0.361 e. The smallest absolute Gasteiger partial charge is 0.220 e. The third-order valence-electron chi connectivity index (χ3n) is 4.65. The van der Waals surface area contributed by atoms with Gasteiger partial charge in [0.25, 0.3) is 0 Å². The molecule has 0 bridgehead atoms. The Kier molecular flexibility index (Phi) is 3.58. The summed E-state index contributed by atoms with van der Waals surface area (Å²) in [6.07, 6.45) is 4.38. The lowest BCUT2D eigenvalue weighted by molar-refractivity contribution is -0.120. The quantitative estimate of drug-likeness (QED) is 0.525. The lowest BCUT2D eigenvalue weighted by atomic mass is 9.87. The lowest BCUT2D eigenvalue weighted by Crippen LogP contribution is -2.21. The number of nitrogens with one attached hydrogen (secondary N) is 3. The van der Waals surface area contributed by atoms with Gasteiger partial charge in [-0.05, 0) is 34.7 Å². The summed E-state index contributed by atoms with van der Waals surface area (Å²) in [6, 6.07) is 16.6. The Hall–Kier alpha value is -3.01. The number of benzene rings is 2. The predicted octanol–water partition coefficient (Wildman–Crippen LogP) is 3.92. The molecule has 4 aromatic rings. The first-order valence-corrected chi connectivity index (χ1v) is 8.10. The maximum atomic E-state index is 12.1. The van der Waals surface area contributed by atoms with Gasteiger partial charge >= 0.3 is 0 Å². The zero-order valence-corrected chi connectivity index (χ0v) is 13.5. The molecular formula is C20H19N3O. The van der Waals surface area contributed by atoms with Crippen molar-refractivity contribution in [2.24, 2.45) is 0 Å². The van der Waals surface area contributed by atoms with Gasteiger partial charge in [0.1, 0.15) is 0 Å². The molecule has 2 heterocycles. The molecule has 120 valence electrons. The van der Waals surface area contributed by atoms with Gasteiger partial charge < -0.3 is 15.3 Å². The van der Waals surface area contributed by atoms with E-state index in [-0.39, 0.29) is 11.8 Å². The van der Waals surface area contributed by atoms with E-state index in [4.69, 9.17) is 0 Å². The molecule has 1 atom stereocenters. The van der Waals surface area contributed by atoms with E-state index in [1.54, 1.807) is 7.05 Å². The van der Waals surface area contributed by atoms with Crippen LogP contribution in [0.1, 0.15) is 23.5 Å². The van der Waals surface area contributed by atoms with Crippen LogP contribution in [0.2, 0.25) is 0 Å². The minimum Gasteiger partial charge on any atom is -0.361 e. The number of para-hydroxylation sites is 1. The van der Waals surface area contributed by atoms with Crippen LogP contribution in [0.25, 0.3) is 21.8 Å². The highest BCUT2D eigenvalue weighted by molar-refractivity contribution is 5.87. The topological polar surface area (TPSA) is 60.7 Å². The Morgan fingerprint density at radius 1 is 1.08 bits per heavy atom. The van der Waals surface area contributed by atoms with Crippen molar-refractivity contribution in [3.05, 3.63) is 72.1 Å². The van der Waals surface area contributed by atoms with E-state index in [0.717, 1.165) is 27.5 Å². The lowest BCUT2D eigenvalue weighted by Gasteiger charge is -2.17. The second-order valence-electron chi connectivity index (χ2n) is 6.04. The van der Waals surface area contributed by atoms with Gasteiger partial charge in [-0.1, -0.05) is 30.3 Å². The normalized spacial score (nSPS) is 12.5. The van der Waals surface area contributed by atoms with Gasteiger partial charge in [0.15, 0.2) is 0 Å². The average molecular weight is 317 g/mol. The molecule has 24 heavy (non-hydrogen) atoms. The summed E-state index contributed by atoms with van der Waals surface area (Å²) in [5, 5.41) is 5.09. The molecule has 0 aliphatic heterocycles. The van der Waals surface area contributed by atoms with Crippen LogP contribution in [-0.4, -0.2) is 22.9 Å². The fraction of sp³-hybridized carbons (Fsp3) is 0.150. The van der Waals surface area contributed by atoms with Crippen LogP contribution in [0.3, 0.4) is 0 Å². The molecule has 1 amide bonds. The number of fused-ring (bicyclic) bond motifs is 2. The average Bonchev–Trinajstić information content (AvgIpc) is 3.25. The van der Waals surface area contributed by atoms with E-state index in [9.17, 15) is 4.79 Å². The predicted molar refractivity (Wildman–Crippen MR) is 97.1 cm³/mol. The van der Waals surface area contributed by atoms with Crippen LogP contribution in [0.4, 0.5) is 0 Å². The van der Waals surface area contributed by atoms with E-state index < -0.39 is 0 Å². The van der Waals surface area contributed by atoms with Crippen molar-refractivity contribution < 1.29 is 4.79 Å². The molecule has 4 nitrogen and oxygen atoms in total. The number of amides is 1. The first-order chi connectivity index (χ1) is 11.8. The van der Waals surface area contributed by atoms with Crippen molar-refractivity contribution in [2.45, 2.75) is 12.3 Å². The molecule has 3 N–H and O–H groups in total. The maximum absolute atomic E-state index is 12.1. The van der Waals surface area contributed by atoms with Gasteiger partial charge in [0.2, 0.25) is 5.91 Å². The van der Waals surface area contributed by atoms with E-state index in [2.05, 4.69) is 51.7 Å². The Bertz CT molecular complexity index is 1010. The SMILES string of the molecule is CNC(=O)CC(c1ccc2cc[nH]c2c1)c1c[nH]c2ccccc12. The van der Waals surface area contributed by atoms with Crippen LogP contribution in [0.5, 0.6) is 0 Å². The fourth-order valence-corrected chi connectivity index (χ4v) is 3.36. The highest BCUT2D eigenvalue weighted by Gasteiger charge is 2.21. The Morgan fingerprint density at radius 3 is 2.83 bits per heavy atom. The molecule has 0 spiro atoms. The zero-order valence-electron chi connectivity index (χ0n) is 13.5. The molecule has 1 unspecified atom stereocenters. The van der Waals surface area contributed by atoms with Crippen LogP contribution in [0.15, 0.2) is 60.9 Å². The third kappa shape index (κ3) is 2.46. The van der Waals surface area contributed by atoms with Gasteiger partial charge in [0.05, 0.1) is 0 Å². The number of H-pyrrole nitrogens is 2. The second kappa shape index (κ2) is 5.89. The summed E-state index contributed by atoms with van der Waals surface area (Å²) in [5.74, 6) is 0.0469. The minimum atomic E-state index is 0.00815. The molecule has 2 aromatic heterocycles. The summed E-state index contributed by atoms with van der Waals surface area (Å²) in [4.78, 5) is 18.7. The second-order valence-corrected chi connectivity index (χ2v) is 6.04. The molecule has 0 saturated carbocycles. The molecule has 4 heteroatoms. The monoisotopic (exact) mass is 317 g/mol. The van der Waals surface area contributed by atoms with E-state index >= 15 is 0 Å². The molecule has 2 aromatic carbocycles. The Morgan fingerprint density at radius 2 is 1.96 bits per heavy atom. The van der Waals surface area contributed by atoms with Gasteiger partial charge in [-0.3, -0.25) is 4.79 Å². The van der Waals surface area contributed by atoms with Crippen molar-refractivity contribution in [2.75, 3.05) is 7.05 Å². The number of rotatable bonds is 4. The van der Waals surface area contributed by atoms with Crippen LogP contribution in [-0.2, 0) is 4.79 Å². The summed E-state index contributed by atoms with van der Waals surface area (Å²) in [6.45, 7) is 0. The summed E-state index contributed by atoms with van der Waals surface area (Å²) in [7, 11) is 1.68. The molecule has 0 aliphatic rings. The highest BCUT2D eigenvalue weighted by atomic mass is 16.1. The number of carbonyl (C=O) groups is 1. The first kappa shape index (κ1) is 14.6. The van der Waals surface area contributed by atoms with E-state index in [1.165, 1.54) is 5.39 Å². The Labute approximate surface area is 139 Å². The van der Waals surface area contributed by atoms with E-state index in [0.29, 0.717) is 6.42 Å². The number of carbonyl (C=O) groups excluding carboxylic acids is 1.